The van der Waals surface area contributed by atoms with Gasteiger partial charge in [0.05, 0.1) is 5.60 Å². The second-order valence-electron chi connectivity index (χ2n) is 5.56. The van der Waals surface area contributed by atoms with Crippen LogP contribution in [0.15, 0.2) is 22.7 Å². The highest BCUT2D eigenvalue weighted by Gasteiger charge is 2.26. The minimum Gasteiger partial charge on any atom is -0.271 e. The molecule has 0 aliphatic rings. The van der Waals surface area contributed by atoms with Gasteiger partial charge >= 0.3 is 6.03 Å². The average molecular weight is 398 g/mol. The number of carbonyl (C=O) groups excluding carboxylic acids is 1. The van der Waals surface area contributed by atoms with Crippen LogP contribution in [0.3, 0.4) is 0 Å². The zero-order valence-electron chi connectivity index (χ0n) is 12.5. The third-order valence-electron chi connectivity index (χ3n) is 2.34. The molecule has 0 heterocycles. The topological polar surface area (TPSA) is 62.4 Å². The number of rotatable bonds is 5. The zero-order chi connectivity index (χ0) is 17.0. The minimum absolute atomic E-state index is 0.120. The van der Waals surface area contributed by atoms with Crippen molar-refractivity contribution < 1.29 is 18.4 Å². The molecule has 1 aromatic carbocycles. The number of hydrogen-bond donors (Lipinski definition) is 3. The number of benzene rings is 1. The van der Waals surface area contributed by atoms with Gasteiger partial charge in [-0.3, -0.25) is 10.3 Å². The number of hydrazine groups is 1. The lowest BCUT2D eigenvalue weighted by molar-refractivity contribution is -0.0533. The Morgan fingerprint density at radius 1 is 1.36 bits per heavy atom. The van der Waals surface area contributed by atoms with Crippen molar-refractivity contribution in [1.82, 2.24) is 16.3 Å². The summed E-state index contributed by atoms with van der Waals surface area (Å²) in [4.78, 5) is 16.5. The Labute approximate surface area is 138 Å². The van der Waals surface area contributed by atoms with Crippen molar-refractivity contribution in [2.24, 2.45) is 0 Å². The van der Waals surface area contributed by atoms with Gasteiger partial charge in [-0.15, -0.1) is 0 Å². The maximum absolute atomic E-state index is 13.2. The summed E-state index contributed by atoms with van der Waals surface area (Å²) in [7, 11) is 1.49. The summed E-state index contributed by atoms with van der Waals surface area (Å²) in [6, 6.07) is 3.89. The summed E-state index contributed by atoms with van der Waals surface area (Å²) in [6.07, 6.45) is 0. The van der Waals surface area contributed by atoms with Crippen LogP contribution in [-0.2, 0) is 17.0 Å². The van der Waals surface area contributed by atoms with Gasteiger partial charge in [-0.05, 0) is 32.4 Å². The standard InChI is InChI=1S/C13H19BrF2N3O2P/c1-12(2,3)21-19-11(20)18-17-7-8-4-5-9(10(14)6-8)13(15,16)22/h4-6,17H,7,22H2,1-3H3,(H2,18,19,20). The molecule has 0 fully saturated rings. The van der Waals surface area contributed by atoms with E-state index in [0.717, 1.165) is 5.56 Å². The number of hydrogen-bond acceptors (Lipinski definition) is 3. The molecule has 0 saturated heterocycles. The Kier molecular flexibility index (Phi) is 6.67. The molecule has 1 unspecified atom stereocenters. The molecule has 0 spiro atoms. The highest BCUT2D eigenvalue weighted by molar-refractivity contribution is 9.10. The van der Waals surface area contributed by atoms with Gasteiger partial charge in [0.15, 0.2) is 0 Å². The van der Waals surface area contributed by atoms with E-state index in [1.165, 1.54) is 15.3 Å². The first-order chi connectivity index (χ1) is 9.99. The normalized spacial score (nSPS) is 12.1. The van der Waals surface area contributed by atoms with E-state index in [0.29, 0.717) is 4.47 Å². The zero-order valence-corrected chi connectivity index (χ0v) is 15.2. The number of urea groups is 1. The second-order valence-corrected chi connectivity index (χ2v) is 7.14. The van der Waals surface area contributed by atoms with Crippen LogP contribution in [-0.4, -0.2) is 11.6 Å². The van der Waals surface area contributed by atoms with Gasteiger partial charge < -0.3 is 0 Å². The van der Waals surface area contributed by atoms with Crippen LogP contribution in [0.25, 0.3) is 0 Å². The fraction of sp³-hybridized carbons (Fsp3) is 0.462. The maximum Gasteiger partial charge on any atom is 0.353 e. The van der Waals surface area contributed by atoms with Gasteiger partial charge in [0.1, 0.15) is 0 Å². The van der Waals surface area contributed by atoms with E-state index in [9.17, 15) is 13.6 Å². The number of halogens is 3. The van der Waals surface area contributed by atoms with E-state index in [1.54, 1.807) is 32.9 Å². The molecule has 124 valence electrons. The summed E-state index contributed by atoms with van der Waals surface area (Å²) < 4.78 is 26.7. The van der Waals surface area contributed by atoms with Gasteiger partial charge in [-0.25, -0.2) is 15.7 Å². The summed E-state index contributed by atoms with van der Waals surface area (Å²) in [5, 5.41) is 0. The number of nitrogens with one attached hydrogen (secondary N) is 3. The van der Waals surface area contributed by atoms with Gasteiger partial charge in [0, 0.05) is 16.6 Å². The van der Waals surface area contributed by atoms with Crippen LogP contribution in [0.4, 0.5) is 13.6 Å². The fourth-order valence-electron chi connectivity index (χ4n) is 1.39. The van der Waals surface area contributed by atoms with E-state index in [4.69, 9.17) is 4.84 Å². The third-order valence-corrected chi connectivity index (χ3v) is 3.30. The van der Waals surface area contributed by atoms with Crippen molar-refractivity contribution in [3.05, 3.63) is 33.8 Å². The molecule has 2 amide bonds. The molecule has 9 heteroatoms. The number of alkyl halides is 2. The quantitative estimate of drug-likeness (QED) is 0.526. The van der Waals surface area contributed by atoms with Crippen LogP contribution < -0.4 is 16.3 Å². The Bertz CT molecular complexity index is 533. The van der Waals surface area contributed by atoms with Gasteiger partial charge in [-0.2, -0.15) is 8.78 Å². The molecule has 0 aliphatic heterocycles. The predicted octanol–water partition coefficient (Wildman–Crippen LogP) is 3.41. The third kappa shape index (κ3) is 6.96. The lowest BCUT2D eigenvalue weighted by Crippen LogP contribution is -2.46. The van der Waals surface area contributed by atoms with Crippen molar-refractivity contribution in [2.45, 2.75) is 38.6 Å². The Hall–Kier alpha value is -0.820. The number of carbonyl (C=O) groups is 1. The molecule has 3 N–H and O–H groups in total. The lowest BCUT2D eigenvalue weighted by atomic mass is 10.1. The first kappa shape index (κ1) is 19.2. The SMILES string of the molecule is CC(C)(C)ONC(=O)NNCc1ccc(C(F)(F)P)c(Br)c1. The van der Waals surface area contributed by atoms with E-state index in [2.05, 4.69) is 32.3 Å². The fourth-order valence-corrected chi connectivity index (χ4v) is 2.54. The molecule has 0 aromatic heterocycles. The molecule has 1 aromatic rings. The largest absolute Gasteiger partial charge is 0.353 e. The number of amides is 2. The monoisotopic (exact) mass is 397 g/mol. The Balaban J connectivity index is 2.46. The van der Waals surface area contributed by atoms with Crippen molar-refractivity contribution in [2.75, 3.05) is 0 Å². The molecule has 1 rings (SSSR count). The molecule has 22 heavy (non-hydrogen) atoms. The summed E-state index contributed by atoms with van der Waals surface area (Å²) in [6.45, 7) is 5.65. The molecular formula is C13H19BrF2N3O2P. The van der Waals surface area contributed by atoms with Crippen molar-refractivity contribution >= 4 is 31.2 Å². The summed E-state index contributed by atoms with van der Waals surface area (Å²) in [5.74, 6) is 0. The molecule has 0 aliphatic carbocycles. The average Bonchev–Trinajstić information content (AvgIpc) is 2.34. The lowest BCUT2D eigenvalue weighted by Gasteiger charge is -2.19. The summed E-state index contributed by atoms with van der Waals surface area (Å²) in [5.41, 5.74) is 4.38. The molecule has 0 radical (unpaired) electrons. The van der Waals surface area contributed by atoms with E-state index in [1.807, 2.05) is 0 Å². The van der Waals surface area contributed by atoms with Gasteiger partial charge in [0.2, 0.25) is 0 Å². The molecular weight excluding hydrogens is 379 g/mol. The maximum atomic E-state index is 13.2. The Morgan fingerprint density at radius 2 is 2.00 bits per heavy atom. The molecule has 0 bridgehead atoms. The molecule has 5 nitrogen and oxygen atoms in total. The van der Waals surface area contributed by atoms with Crippen LogP contribution >= 0.6 is 25.2 Å². The van der Waals surface area contributed by atoms with Gasteiger partial charge in [-0.1, -0.05) is 37.3 Å². The van der Waals surface area contributed by atoms with Crippen LogP contribution in [0, 0.1) is 0 Å². The van der Waals surface area contributed by atoms with Crippen molar-refractivity contribution in [3.8, 4) is 0 Å². The minimum atomic E-state index is -2.99. The Morgan fingerprint density at radius 3 is 2.50 bits per heavy atom. The highest BCUT2D eigenvalue weighted by Crippen LogP contribution is 2.39. The van der Waals surface area contributed by atoms with Crippen molar-refractivity contribution in [3.63, 3.8) is 0 Å². The van der Waals surface area contributed by atoms with Crippen molar-refractivity contribution in [1.29, 1.82) is 0 Å². The molecule has 1 atom stereocenters. The van der Waals surface area contributed by atoms with Gasteiger partial charge in [0.25, 0.3) is 5.66 Å². The smallest absolute Gasteiger partial charge is 0.271 e. The predicted molar refractivity (Wildman–Crippen MR) is 87.1 cm³/mol. The highest BCUT2D eigenvalue weighted by atomic mass is 79.9. The van der Waals surface area contributed by atoms with Crippen LogP contribution in [0.5, 0.6) is 0 Å². The first-order valence-corrected chi connectivity index (χ1v) is 7.78. The summed E-state index contributed by atoms with van der Waals surface area (Å²) >= 11 is 3.11. The second kappa shape index (κ2) is 7.64. The first-order valence-electron chi connectivity index (χ1n) is 6.41. The molecule has 0 saturated carbocycles. The van der Waals surface area contributed by atoms with Crippen LogP contribution in [0.1, 0.15) is 31.9 Å². The van der Waals surface area contributed by atoms with E-state index in [-0.39, 0.29) is 12.1 Å². The number of hydroxylamine groups is 1. The van der Waals surface area contributed by atoms with E-state index < -0.39 is 17.3 Å². The van der Waals surface area contributed by atoms with E-state index >= 15 is 0 Å². The van der Waals surface area contributed by atoms with Crippen LogP contribution in [0.2, 0.25) is 0 Å².